The minimum absolute atomic E-state index is 0. The van der Waals surface area contributed by atoms with E-state index in [0.29, 0.717) is 11.8 Å². The van der Waals surface area contributed by atoms with Crippen molar-refractivity contribution < 1.29 is 26.2 Å². The quantitative estimate of drug-likeness (QED) is 0.560. The molecule has 0 nitrogen and oxygen atoms in total. The van der Waals surface area contributed by atoms with Crippen molar-refractivity contribution in [3.63, 3.8) is 0 Å². The molecule has 0 spiro atoms. The molecule has 2 aliphatic carbocycles. The molecule has 0 fully saturated rings. The van der Waals surface area contributed by atoms with Gasteiger partial charge in [-0.1, -0.05) is 78.7 Å². The molecule has 2 atom stereocenters. The number of benzene rings is 2. The minimum Gasteiger partial charge on any atom is -0.343 e. The van der Waals surface area contributed by atoms with E-state index in [1.165, 1.54) is 28.7 Å². The van der Waals surface area contributed by atoms with Crippen molar-refractivity contribution in [2.24, 2.45) is 0 Å². The molecule has 0 saturated heterocycles. The molecule has 1 heteroatoms. The molecule has 0 bridgehead atoms. The summed E-state index contributed by atoms with van der Waals surface area (Å²) in [4.78, 5) is 0. The van der Waals surface area contributed by atoms with Crippen LogP contribution in [0.5, 0.6) is 0 Å². The zero-order chi connectivity index (χ0) is 15.4. The molecule has 0 aromatic heterocycles. The first kappa shape index (κ1) is 18.1. The van der Waals surface area contributed by atoms with E-state index in [9.17, 15) is 0 Å². The average Bonchev–Trinajstić information content (AvgIpc) is 3.14. The van der Waals surface area contributed by atoms with Crippen LogP contribution in [0.1, 0.15) is 46.9 Å². The van der Waals surface area contributed by atoms with Crippen LogP contribution in [0.25, 0.3) is 12.2 Å². The fourth-order valence-corrected chi connectivity index (χ4v) is 3.12. The normalized spacial score (nSPS) is 19.4. The zero-order valence-corrected chi connectivity index (χ0v) is 15.9. The van der Waals surface area contributed by atoms with Gasteiger partial charge in [-0.2, -0.15) is 6.42 Å². The summed E-state index contributed by atoms with van der Waals surface area (Å²) in [7, 11) is 0. The van der Waals surface area contributed by atoms with Gasteiger partial charge in [-0.3, -0.25) is 0 Å². The first-order valence-electron chi connectivity index (χ1n) is 7.96. The first-order chi connectivity index (χ1) is 10.8. The third-order valence-corrected chi connectivity index (χ3v) is 4.32. The molecule has 0 aliphatic heterocycles. The summed E-state index contributed by atoms with van der Waals surface area (Å²) in [5.41, 5.74) is 5.53. The second-order valence-corrected chi connectivity index (χ2v) is 5.83. The molecule has 0 amide bonds. The van der Waals surface area contributed by atoms with Crippen LogP contribution in [0.15, 0.2) is 60.7 Å². The Morgan fingerprint density at radius 2 is 1.35 bits per heavy atom. The third-order valence-electron chi connectivity index (χ3n) is 4.32. The first-order valence-corrected chi connectivity index (χ1v) is 7.96. The minimum atomic E-state index is 0. The number of fused-ring (bicyclic) bond motifs is 2. The maximum Gasteiger partial charge on any atom is 2.00 e. The topological polar surface area (TPSA) is 0 Å². The fraction of sp³-hybridized carbons (Fsp3) is 0.182. The summed E-state index contributed by atoms with van der Waals surface area (Å²) < 4.78 is 0. The monoisotopic (exact) mass is 376 g/mol. The molecule has 114 valence electrons. The molecule has 2 aliphatic rings. The second-order valence-electron chi connectivity index (χ2n) is 5.83. The molecule has 0 saturated carbocycles. The van der Waals surface area contributed by atoms with E-state index in [1.54, 1.807) is 0 Å². The summed E-state index contributed by atoms with van der Waals surface area (Å²) in [5.74, 6) is 0.995. The van der Waals surface area contributed by atoms with Gasteiger partial charge in [0.05, 0.1) is 0 Å². The Kier molecular flexibility index (Phi) is 6.78. The van der Waals surface area contributed by atoms with Crippen LogP contribution in [0.2, 0.25) is 0 Å². The number of hydrogen-bond donors (Lipinski definition) is 0. The van der Waals surface area contributed by atoms with Crippen molar-refractivity contribution in [3.8, 4) is 0 Å². The van der Waals surface area contributed by atoms with E-state index >= 15 is 0 Å². The molecule has 0 radical (unpaired) electrons. The van der Waals surface area contributed by atoms with E-state index in [4.69, 9.17) is 0 Å². The van der Waals surface area contributed by atoms with E-state index < -0.39 is 0 Å². The summed E-state index contributed by atoms with van der Waals surface area (Å²) in [6, 6.07) is 17.0. The Labute approximate surface area is 159 Å². The van der Waals surface area contributed by atoms with Crippen LogP contribution in [0.3, 0.4) is 0 Å². The predicted octanol–water partition coefficient (Wildman–Crippen LogP) is 6.04. The van der Waals surface area contributed by atoms with Crippen molar-refractivity contribution >= 4 is 12.2 Å². The Hall–Kier alpha value is -1.20. The van der Waals surface area contributed by atoms with Gasteiger partial charge >= 0.3 is 26.2 Å². The summed E-state index contributed by atoms with van der Waals surface area (Å²) in [5, 5.41) is 0. The molecule has 2 aromatic rings. The summed E-state index contributed by atoms with van der Waals surface area (Å²) in [6.45, 7) is 7.88. The maximum absolute atomic E-state index is 3.99. The van der Waals surface area contributed by atoms with Crippen molar-refractivity contribution in [1.82, 2.24) is 0 Å². The average molecular weight is 378 g/mol. The van der Waals surface area contributed by atoms with Crippen LogP contribution in [-0.4, -0.2) is 0 Å². The molecule has 2 unspecified atom stereocenters. The second kappa shape index (κ2) is 8.60. The van der Waals surface area contributed by atoms with Crippen LogP contribution in [-0.2, 0) is 26.2 Å². The Bertz CT molecular complexity index is 697. The van der Waals surface area contributed by atoms with Gasteiger partial charge in [0, 0.05) is 5.92 Å². The number of hydrogen-bond acceptors (Lipinski definition) is 0. The van der Waals surface area contributed by atoms with Gasteiger partial charge < -0.3 is 13.8 Å². The standard InChI is InChI=1S/C12H13.C10H9.Zr/c1-2-5-10-8-9-11-6-3-4-7-12(10)11;1-8-6-7-9-4-2-3-5-10(8)9;/h3-4,6-10H,1-2,5H2;2-8H,1H2;/q2*-1;+2. The third kappa shape index (κ3) is 4.21. The SMILES string of the molecule is [CH2-]C1C=Cc2ccccc21.[CH2-]CCC1C=Cc2ccccc21.[Zr+2]. The van der Waals surface area contributed by atoms with Crippen molar-refractivity contribution in [2.75, 3.05) is 0 Å². The Morgan fingerprint density at radius 1 is 0.783 bits per heavy atom. The molecule has 4 rings (SSSR count). The predicted molar refractivity (Wildman–Crippen MR) is 96.4 cm³/mol. The molecule has 23 heavy (non-hydrogen) atoms. The van der Waals surface area contributed by atoms with Gasteiger partial charge in [-0.05, 0) is 16.7 Å². The van der Waals surface area contributed by atoms with Crippen LogP contribution < -0.4 is 0 Å². The summed E-state index contributed by atoms with van der Waals surface area (Å²) >= 11 is 0. The van der Waals surface area contributed by atoms with Gasteiger partial charge in [-0.25, -0.2) is 0 Å². The Morgan fingerprint density at radius 3 is 2.00 bits per heavy atom. The van der Waals surface area contributed by atoms with Crippen molar-refractivity contribution in [1.29, 1.82) is 0 Å². The van der Waals surface area contributed by atoms with Gasteiger partial charge in [0.25, 0.3) is 0 Å². The van der Waals surface area contributed by atoms with E-state index in [0.717, 1.165) is 6.42 Å². The zero-order valence-electron chi connectivity index (χ0n) is 13.4. The van der Waals surface area contributed by atoms with Gasteiger partial charge in [-0.15, -0.1) is 12.0 Å². The summed E-state index contributed by atoms with van der Waals surface area (Å²) in [6.07, 6.45) is 11.0. The Balaban J connectivity index is 0.000000162. The fourth-order valence-electron chi connectivity index (χ4n) is 3.12. The smallest absolute Gasteiger partial charge is 0.343 e. The van der Waals surface area contributed by atoms with Crippen LogP contribution in [0.4, 0.5) is 0 Å². The van der Waals surface area contributed by atoms with E-state index in [-0.39, 0.29) is 26.2 Å². The van der Waals surface area contributed by atoms with Gasteiger partial charge in [0.2, 0.25) is 0 Å². The van der Waals surface area contributed by atoms with Crippen LogP contribution >= 0.6 is 0 Å². The maximum atomic E-state index is 3.99. The molecular weight excluding hydrogens is 355 g/mol. The number of rotatable bonds is 2. The van der Waals surface area contributed by atoms with E-state index in [2.05, 4.69) is 86.7 Å². The van der Waals surface area contributed by atoms with Crippen molar-refractivity contribution in [3.05, 3.63) is 96.8 Å². The number of allylic oxidation sites excluding steroid dienone is 2. The van der Waals surface area contributed by atoms with Crippen molar-refractivity contribution in [2.45, 2.75) is 24.7 Å². The van der Waals surface area contributed by atoms with E-state index in [1.807, 2.05) is 0 Å². The largest absolute Gasteiger partial charge is 2.00 e. The molecular formula is C22H22Zr. The molecule has 0 N–H and O–H groups in total. The van der Waals surface area contributed by atoms with Gasteiger partial charge in [0.15, 0.2) is 0 Å². The van der Waals surface area contributed by atoms with Crippen LogP contribution in [0, 0.1) is 13.8 Å². The van der Waals surface area contributed by atoms with Gasteiger partial charge in [0.1, 0.15) is 0 Å². The molecule has 0 heterocycles. The molecule has 2 aromatic carbocycles.